The summed E-state index contributed by atoms with van der Waals surface area (Å²) < 4.78 is 14.6. The van der Waals surface area contributed by atoms with Crippen LogP contribution in [0, 0.1) is 17.1 Å². The number of pyridine rings is 1. The van der Waals surface area contributed by atoms with E-state index in [9.17, 15) is 14.4 Å². The number of nitriles is 1. The molecule has 0 saturated heterocycles. The maximum Gasteiger partial charge on any atom is 0.205 e. The van der Waals surface area contributed by atoms with Crippen molar-refractivity contribution in [2.24, 2.45) is 0 Å². The molecule has 0 atom stereocenters. The molecule has 0 radical (unpaired) electrons. The average Bonchev–Trinajstić information content (AvgIpc) is 3.03. The van der Waals surface area contributed by atoms with Gasteiger partial charge in [0.25, 0.3) is 0 Å². The molecule has 0 aliphatic rings. The Labute approximate surface area is 174 Å². The molecule has 2 aromatic carbocycles. The minimum atomic E-state index is -0.538. The molecule has 4 N–H and O–H groups in total. The van der Waals surface area contributed by atoms with E-state index in [2.05, 4.69) is 4.98 Å². The summed E-state index contributed by atoms with van der Waals surface area (Å²) in [5.74, 6) is -0.935. The first-order valence-corrected chi connectivity index (χ1v) is 9.58. The van der Waals surface area contributed by atoms with Crippen molar-refractivity contribution in [2.75, 3.05) is 11.5 Å². The van der Waals surface area contributed by atoms with Crippen LogP contribution in [0.5, 0.6) is 0 Å². The van der Waals surface area contributed by atoms with Crippen LogP contribution in [0.1, 0.15) is 20.8 Å². The molecule has 142 valence electrons. The number of halogens is 2. The highest BCUT2D eigenvalue weighted by Crippen LogP contribution is 2.43. The summed E-state index contributed by atoms with van der Waals surface area (Å²) in [5, 5.41) is 10.4. The molecule has 2 aromatic heterocycles. The molecule has 2 heterocycles. The molecule has 8 heteroatoms. The lowest BCUT2D eigenvalue weighted by atomic mass is 9.96. The number of nitrogens with two attached hydrogens (primary N) is 2. The number of carbonyl (C=O) groups excluding carboxylic acids is 1. The molecule has 0 aliphatic heterocycles. The Bertz CT molecular complexity index is 1340. The summed E-state index contributed by atoms with van der Waals surface area (Å²) in [4.78, 5) is 17.8. The van der Waals surface area contributed by atoms with Crippen LogP contribution in [0.3, 0.4) is 0 Å². The Hall–Kier alpha value is -3.47. The van der Waals surface area contributed by atoms with Crippen molar-refractivity contribution >= 4 is 50.4 Å². The largest absolute Gasteiger partial charge is 0.397 e. The first-order chi connectivity index (χ1) is 13.9. The molecule has 0 bridgehead atoms. The highest BCUT2D eigenvalue weighted by Gasteiger charge is 2.26. The maximum atomic E-state index is 14.6. The lowest BCUT2D eigenvalue weighted by Gasteiger charge is -2.10. The Morgan fingerprint density at radius 1 is 1.17 bits per heavy atom. The van der Waals surface area contributed by atoms with Gasteiger partial charge < -0.3 is 11.5 Å². The molecule has 0 unspecified atom stereocenters. The number of aromatic nitrogens is 1. The zero-order valence-corrected chi connectivity index (χ0v) is 16.3. The number of fused-ring (bicyclic) bond motifs is 1. The van der Waals surface area contributed by atoms with E-state index in [1.54, 1.807) is 24.3 Å². The summed E-state index contributed by atoms with van der Waals surface area (Å²) in [6.07, 6.45) is 0. The smallest absolute Gasteiger partial charge is 0.205 e. The maximum absolute atomic E-state index is 14.6. The summed E-state index contributed by atoms with van der Waals surface area (Å²) in [7, 11) is 0. The van der Waals surface area contributed by atoms with Gasteiger partial charge in [-0.25, -0.2) is 9.37 Å². The summed E-state index contributed by atoms with van der Waals surface area (Å²) in [5.41, 5.74) is 13.2. The Kier molecular flexibility index (Phi) is 4.66. The van der Waals surface area contributed by atoms with Gasteiger partial charge in [0.05, 0.1) is 5.69 Å². The summed E-state index contributed by atoms with van der Waals surface area (Å²) in [6.45, 7) is 0. The molecular formula is C21H12ClFN4OS. The Morgan fingerprint density at radius 3 is 2.62 bits per heavy atom. The van der Waals surface area contributed by atoms with Crippen molar-refractivity contribution in [3.05, 3.63) is 75.4 Å². The topological polar surface area (TPSA) is 106 Å². The number of carbonyl (C=O) groups is 1. The molecule has 0 fully saturated rings. The third kappa shape index (κ3) is 3.09. The van der Waals surface area contributed by atoms with Crippen LogP contribution < -0.4 is 11.5 Å². The SMILES string of the molecule is N#Cc1c(N)nc2sc(C(=O)c3cccc(Cl)c3)c(N)c2c1-c1ccccc1F. The Morgan fingerprint density at radius 2 is 1.93 bits per heavy atom. The van der Waals surface area contributed by atoms with E-state index in [0.29, 0.717) is 20.8 Å². The van der Waals surface area contributed by atoms with Gasteiger partial charge in [0, 0.05) is 27.1 Å². The van der Waals surface area contributed by atoms with E-state index in [-0.39, 0.29) is 38.9 Å². The van der Waals surface area contributed by atoms with Crippen LogP contribution in [0.15, 0.2) is 48.5 Å². The van der Waals surface area contributed by atoms with Crippen LogP contribution in [-0.2, 0) is 0 Å². The first-order valence-electron chi connectivity index (χ1n) is 8.39. The predicted molar refractivity (Wildman–Crippen MR) is 113 cm³/mol. The fourth-order valence-electron chi connectivity index (χ4n) is 3.15. The van der Waals surface area contributed by atoms with Crippen molar-refractivity contribution < 1.29 is 9.18 Å². The highest BCUT2D eigenvalue weighted by atomic mass is 35.5. The van der Waals surface area contributed by atoms with Crippen LogP contribution in [0.4, 0.5) is 15.9 Å². The van der Waals surface area contributed by atoms with Gasteiger partial charge >= 0.3 is 0 Å². The third-order valence-corrected chi connectivity index (χ3v) is 5.79. The van der Waals surface area contributed by atoms with Crippen LogP contribution in [-0.4, -0.2) is 10.8 Å². The lowest BCUT2D eigenvalue weighted by molar-refractivity contribution is 0.104. The van der Waals surface area contributed by atoms with Gasteiger partial charge in [-0.1, -0.05) is 41.9 Å². The predicted octanol–water partition coefficient (Wildman–Crippen LogP) is 5.02. The van der Waals surface area contributed by atoms with Crippen molar-refractivity contribution in [1.29, 1.82) is 5.26 Å². The average molecular weight is 423 g/mol. The minimum Gasteiger partial charge on any atom is -0.397 e. The van der Waals surface area contributed by atoms with Gasteiger partial charge in [0.1, 0.15) is 33.0 Å². The Balaban J connectivity index is 2.05. The normalized spacial score (nSPS) is 10.8. The molecule has 29 heavy (non-hydrogen) atoms. The first kappa shape index (κ1) is 18.9. The van der Waals surface area contributed by atoms with E-state index < -0.39 is 5.82 Å². The molecule has 4 rings (SSSR count). The van der Waals surface area contributed by atoms with Gasteiger partial charge in [-0.2, -0.15) is 5.26 Å². The second-order valence-corrected chi connectivity index (χ2v) is 7.64. The number of anilines is 2. The van der Waals surface area contributed by atoms with E-state index in [1.807, 2.05) is 6.07 Å². The monoisotopic (exact) mass is 422 g/mol. The van der Waals surface area contributed by atoms with Crippen LogP contribution >= 0.6 is 22.9 Å². The second kappa shape index (κ2) is 7.17. The number of ketones is 1. The molecule has 5 nitrogen and oxygen atoms in total. The number of nitrogen functional groups attached to an aromatic ring is 2. The van der Waals surface area contributed by atoms with E-state index in [1.165, 1.54) is 24.3 Å². The van der Waals surface area contributed by atoms with Crippen molar-refractivity contribution in [2.45, 2.75) is 0 Å². The minimum absolute atomic E-state index is 0.00820. The molecular weight excluding hydrogens is 411 g/mol. The van der Waals surface area contributed by atoms with Crippen molar-refractivity contribution in [1.82, 2.24) is 4.98 Å². The van der Waals surface area contributed by atoms with Gasteiger partial charge in [-0.15, -0.1) is 11.3 Å². The van der Waals surface area contributed by atoms with Gasteiger partial charge in [0.15, 0.2) is 0 Å². The summed E-state index contributed by atoms with van der Waals surface area (Å²) in [6, 6.07) is 14.4. The van der Waals surface area contributed by atoms with E-state index >= 15 is 0 Å². The number of hydrogen-bond donors (Lipinski definition) is 2. The van der Waals surface area contributed by atoms with Gasteiger partial charge in [0.2, 0.25) is 5.78 Å². The fraction of sp³-hybridized carbons (Fsp3) is 0. The van der Waals surface area contributed by atoms with Gasteiger partial charge in [-0.3, -0.25) is 4.79 Å². The fourth-order valence-corrected chi connectivity index (χ4v) is 4.41. The zero-order valence-electron chi connectivity index (χ0n) is 14.7. The molecule has 0 amide bonds. The lowest BCUT2D eigenvalue weighted by Crippen LogP contribution is -2.03. The second-order valence-electron chi connectivity index (χ2n) is 6.20. The number of benzene rings is 2. The number of thiophene rings is 1. The van der Waals surface area contributed by atoms with Gasteiger partial charge in [-0.05, 0) is 18.2 Å². The van der Waals surface area contributed by atoms with Crippen LogP contribution in [0.2, 0.25) is 5.02 Å². The molecule has 0 aliphatic carbocycles. The highest BCUT2D eigenvalue weighted by molar-refractivity contribution is 7.21. The van der Waals surface area contributed by atoms with Crippen LogP contribution in [0.25, 0.3) is 21.3 Å². The molecule has 0 spiro atoms. The van der Waals surface area contributed by atoms with E-state index in [4.69, 9.17) is 23.1 Å². The zero-order chi connectivity index (χ0) is 20.7. The quantitative estimate of drug-likeness (QED) is 0.451. The van der Waals surface area contributed by atoms with E-state index in [0.717, 1.165) is 11.3 Å². The number of hydrogen-bond acceptors (Lipinski definition) is 6. The number of nitrogens with zero attached hydrogens (tertiary/aromatic N) is 2. The van der Waals surface area contributed by atoms with Crippen molar-refractivity contribution in [3.63, 3.8) is 0 Å². The van der Waals surface area contributed by atoms with Crippen molar-refractivity contribution in [3.8, 4) is 17.2 Å². The standard InChI is InChI=1S/C21H12ClFN4OS/c22-11-5-3-4-10(8-11)18(28)19-17(25)16-15(12-6-1-2-7-14(12)23)13(9-24)20(26)27-21(16)29-19/h1-8H,25H2,(H2,26,27). The molecule has 0 saturated carbocycles. The summed E-state index contributed by atoms with van der Waals surface area (Å²) >= 11 is 7.03. The molecule has 4 aromatic rings. The number of rotatable bonds is 3. The third-order valence-electron chi connectivity index (χ3n) is 4.45.